The Kier molecular flexibility index (Phi) is 4.18. The van der Waals surface area contributed by atoms with Crippen LogP contribution in [0.5, 0.6) is 5.75 Å². The van der Waals surface area contributed by atoms with Gasteiger partial charge < -0.3 is 4.74 Å². The first kappa shape index (κ1) is 13.1. The molecule has 1 heterocycles. The molecule has 19 heavy (non-hydrogen) atoms. The van der Waals surface area contributed by atoms with E-state index >= 15 is 0 Å². The average molecular weight is 260 g/mol. The van der Waals surface area contributed by atoms with Crippen molar-refractivity contribution in [3.63, 3.8) is 0 Å². The van der Waals surface area contributed by atoms with E-state index in [0.717, 1.165) is 0 Å². The Labute approximate surface area is 110 Å². The maximum absolute atomic E-state index is 12.8. The predicted octanol–water partition coefficient (Wildman–Crippen LogP) is 2.66. The molecule has 1 aromatic heterocycles. The summed E-state index contributed by atoms with van der Waals surface area (Å²) in [6.45, 7) is 1.84. The first-order chi connectivity index (χ1) is 9.20. The molecular formula is C14H13FN2O2. The first-order valence-corrected chi connectivity index (χ1v) is 5.93. The molecule has 0 saturated heterocycles. The smallest absolute Gasteiger partial charge is 0.223 e. The highest BCUT2D eigenvalue weighted by atomic mass is 19.1. The molecule has 0 amide bonds. The third-order valence-corrected chi connectivity index (χ3v) is 2.57. The van der Waals surface area contributed by atoms with Crippen molar-refractivity contribution < 1.29 is 13.9 Å². The van der Waals surface area contributed by atoms with Crippen LogP contribution in [0.3, 0.4) is 0 Å². The van der Waals surface area contributed by atoms with Crippen molar-refractivity contribution in [1.29, 1.82) is 0 Å². The molecule has 2 rings (SSSR count). The molecule has 0 N–H and O–H groups in total. The van der Waals surface area contributed by atoms with Crippen LogP contribution >= 0.6 is 0 Å². The van der Waals surface area contributed by atoms with Gasteiger partial charge in [0.15, 0.2) is 6.10 Å². The van der Waals surface area contributed by atoms with Crippen molar-refractivity contribution >= 4 is 5.78 Å². The van der Waals surface area contributed by atoms with Crippen LogP contribution in [-0.4, -0.2) is 21.9 Å². The summed E-state index contributed by atoms with van der Waals surface area (Å²) in [5.74, 6) is -0.133. The summed E-state index contributed by atoms with van der Waals surface area (Å²) in [5, 5.41) is 0. The van der Waals surface area contributed by atoms with Gasteiger partial charge in [0, 0.05) is 12.4 Å². The van der Waals surface area contributed by atoms with E-state index in [9.17, 15) is 9.18 Å². The van der Waals surface area contributed by atoms with Crippen LogP contribution < -0.4 is 4.74 Å². The van der Waals surface area contributed by atoms with Crippen LogP contribution in [0.25, 0.3) is 0 Å². The summed E-state index contributed by atoms with van der Waals surface area (Å²) in [7, 11) is 0. The van der Waals surface area contributed by atoms with Crippen LogP contribution in [0.2, 0.25) is 0 Å². The second kappa shape index (κ2) is 6.04. The van der Waals surface area contributed by atoms with Crippen molar-refractivity contribution in [2.75, 3.05) is 0 Å². The van der Waals surface area contributed by atoms with Gasteiger partial charge >= 0.3 is 0 Å². The minimum Gasteiger partial charge on any atom is -0.482 e. The van der Waals surface area contributed by atoms with Crippen molar-refractivity contribution in [3.8, 4) is 5.75 Å². The number of aromatic nitrogens is 2. The predicted molar refractivity (Wildman–Crippen MR) is 67.5 cm³/mol. The summed E-state index contributed by atoms with van der Waals surface area (Å²) >= 11 is 0. The van der Waals surface area contributed by atoms with Crippen molar-refractivity contribution in [1.82, 2.24) is 9.97 Å². The maximum Gasteiger partial charge on any atom is 0.223 e. The number of ether oxygens (including phenoxy) is 1. The number of nitrogens with zero attached hydrogens (tertiary/aromatic N) is 2. The van der Waals surface area contributed by atoms with Gasteiger partial charge in [-0.2, -0.15) is 0 Å². The highest BCUT2D eigenvalue weighted by molar-refractivity contribution is 5.97. The Balaban J connectivity index is 2.12. The number of ketones is 1. The van der Waals surface area contributed by atoms with Crippen LogP contribution in [0.4, 0.5) is 4.39 Å². The Hall–Kier alpha value is -2.30. The fourth-order valence-corrected chi connectivity index (χ4v) is 1.59. The molecule has 4 nitrogen and oxygen atoms in total. The van der Waals surface area contributed by atoms with Gasteiger partial charge in [0.25, 0.3) is 0 Å². The Morgan fingerprint density at radius 3 is 2.63 bits per heavy atom. The van der Waals surface area contributed by atoms with Gasteiger partial charge in [-0.1, -0.05) is 6.92 Å². The van der Waals surface area contributed by atoms with E-state index in [4.69, 9.17) is 4.74 Å². The summed E-state index contributed by atoms with van der Waals surface area (Å²) < 4.78 is 18.3. The second-order valence-electron chi connectivity index (χ2n) is 3.92. The number of rotatable bonds is 5. The van der Waals surface area contributed by atoms with E-state index in [1.807, 2.05) is 6.92 Å². The van der Waals surface area contributed by atoms with Crippen LogP contribution in [-0.2, 0) is 0 Å². The zero-order chi connectivity index (χ0) is 13.7. The van der Waals surface area contributed by atoms with Gasteiger partial charge in [-0.15, -0.1) is 0 Å². The SMILES string of the molecule is CCC(Oc1ccc(F)cc1)C(=O)c1cnccn1. The zero-order valence-corrected chi connectivity index (χ0v) is 10.4. The summed E-state index contributed by atoms with van der Waals surface area (Å²) in [5.41, 5.74) is 0.261. The molecule has 0 radical (unpaired) electrons. The van der Waals surface area contributed by atoms with Crippen molar-refractivity contribution in [2.45, 2.75) is 19.4 Å². The molecule has 0 bridgehead atoms. The first-order valence-electron chi connectivity index (χ1n) is 5.93. The molecule has 1 unspecified atom stereocenters. The molecule has 0 aliphatic heterocycles. The van der Waals surface area contributed by atoms with Crippen LogP contribution in [0.1, 0.15) is 23.8 Å². The minimum atomic E-state index is -0.651. The number of Topliss-reactive ketones (excluding diaryl/α,β-unsaturated/α-hetero) is 1. The average Bonchev–Trinajstić information content (AvgIpc) is 2.47. The number of hydrogen-bond donors (Lipinski definition) is 0. The van der Waals surface area contributed by atoms with E-state index in [0.29, 0.717) is 12.2 Å². The van der Waals surface area contributed by atoms with Gasteiger partial charge in [-0.25, -0.2) is 9.37 Å². The van der Waals surface area contributed by atoms with Crippen molar-refractivity contribution in [2.24, 2.45) is 0 Å². The van der Waals surface area contributed by atoms with E-state index in [1.54, 1.807) is 0 Å². The fraction of sp³-hybridized carbons (Fsp3) is 0.214. The van der Waals surface area contributed by atoms with Gasteiger partial charge in [-0.05, 0) is 30.7 Å². The standard InChI is InChI=1S/C14H13FN2O2/c1-2-13(14(18)12-9-16-7-8-17-12)19-11-5-3-10(15)4-6-11/h3-9,13H,2H2,1H3. The molecule has 0 aliphatic carbocycles. The highest BCUT2D eigenvalue weighted by Crippen LogP contribution is 2.16. The Morgan fingerprint density at radius 1 is 1.32 bits per heavy atom. The van der Waals surface area contributed by atoms with Gasteiger partial charge in [0.1, 0.15) is 17.3 Å². The Morgan fingerprint density at radius 2 is 2.05 bits per heavy atom. The van der Waals surface area contributed by atoms with E-state index < -0.39 is 6.10 Å². The number of halogens is 1. The molecule has 98 valence electrons. The summed E-state index contributed by atoms with van der Waals surface area (Å²) in [6.07, 6.45) is 4.20. The monoisotopic (exact) mass is 260 g/mol. The second-order valence-corrected chi connectivity index (χ2v) is 3.92. The molecular weight excluding hydrogens is 247 g/mol. The Bertz CT molecular complexity index is 543. The van der Waals surface area contributed by atoms with Crippen LogP contribution in [0, 0.1) is 5.82 Å². The van der Waals surface area contributed by atoms with Gasteiger partial charge in [0.05, 0.1) is 6.20 Å². The molecule has 0 saturated carbocycles. The molecule has 0 aliphatic rings. The number of carbonyl (C=O) groups excluding carboxylic acids is 1. The third kappa shape index (κ3) is 3.34. The molecule has 1 aromatic carbocycles. The molecule has 0 fully saturated rings. The highest BCUT2D eigenvalue weighted by Gasteiger charge is 2.21. The normalized spacial score (nSPS) is 11.9. The zero-order valence-electron chi connectivity index (χ0n) is 10.4. The summed E-state index contributed by atoms with van der Waals surface area (Å²) in [6, 6.07) is 5.55. The van der Waals surface area contributed by atoms with Gasteiger partial charge in [0.2, 0.25) is 5.78 Å². The quantitative estimate of drug-likeness (QED) is 0.775. The topological polar surface area (TPSA) is 52.1 Å². The lowest BCUT2D eigenvalue weighted by Gasteiger charge is -2.15. The molecule has 5 heteroatoms. The number of hydrogen-bond acceptors (Lipinski definition) is 4. The van der Waals surface area contributed by atoms with E-state index in [1.165, 1.54) is 42.9 Å². The lowest BCUT2D eigenvalue weighted by atomic mass is 10.1. The van der Waals surface area contributed by atoms with E-state index in [2.05, 4.69) is 9.97 Å². The van der Waals surface area contributed by atoms with Crippen LogP contribution in [0.15, 0.2) is 42.9 Å². The number of carbonyl (C=O) groups is 1. The lowest BCUT2D eigenvalue weighted by Crippen LogP contribution is -2.27. The van der Waals surface area contributed by atoms with Gasteiger partial charge in [-0.3, -0.25) is 9.78 Å². The maximum atomic E-state index is 12.8. The minimum absolute atomic E-state index is 0.236. The molecule has 0 spiro atoms. The van der Waals surface area contributed by atoms with E-state index in [-0.39, 0.29) is 17.3 Å². The third-order valence-electron chi connectivity index (χ3n) is 2.57. The largest absolute Gasteiger partial charge is 0.482 e. The summed E-state index contributed by atoms with van der Waals surface area (Å²) in [4.78, 5) is 19.9. The lowest BCUT2D eigenvalue weighted by molar-refractivity contribution is 0.0780. The molecule has 2 aromatic rings. The van der Waals surface area contributed by atoms with Crippen molar-refractivity contribution in [3.05, 3.63) is 54.4 Å². The number of benzene rings is 1. The molecule has 1 atom stereocenters. The fourth-order valence-electron chi connectivity index (χ4n) is 1.59.